The van der Waals surface area contributed by atoms with Crippen LogP contribution in [-0.4, -0.2) is 45.3 Å². The van der Waals surface area contributed by atoms with Crippen molar-refractivity contribution in [1.29, 1.82) is 0 Å². The molecule has 4 nitrogen and oxygen atoms in total. The van der Waals surface area contributed by atoms with Crippen molar-refractivity contribution in [3.05, 3.63) is 6.42 Å². The molecule has 0 fully saturated rings. The standard InChI is InChI=1S/C6H13O4/c1-2-4(8)6(10)5(9)3-7/h2,4-10H,3H2,1H3. The first-order chi connectivity index (χ1) is 4.63. The third kappa shape index (κ3) is 2.62. The molecular formula is C6H13O4. The Morgan fingerprint density at radius 1 is 1.30 bits per heavy atom. The maximum Gasteiger partial charge on any atom is 0.108 e. The third-order valence-corrected chi connectivity index (χ3v) is 1.27. The first-order valence-electron chi connectivity index (χ1n) is 3.08. The quantitative estimate of drug-likeness (QED) is 0.383. The van der Waals surface area contributed by atoms with E-state index in [1.165, 1.54) is 6.42 Å². The fourth-order valence-electron chi connectivity index (χ4n) is 0.533. The Morgan fingerprint density at radius 2 is 1.80 bits per heavy atom. The molecule has 0 aliphatic heterocycles. The minimum absolute atomic E-state index is 0.550. The van der Waals surface area contributed by atoms with Gasteiger partial charge in [0.15, 0.2) is 0 Å². The molecule has 0 bridgehead atoms. The van der Waals surface area contributed by atoms with Crippen LogP contribution in [0.3, 0.4) is 0 Å². The summed E-state index contributed by atoms with van der Waals surface area (Å²) in [6, 6.07) is 0. The molecule has 0 rings (SSSR count). The summed E-state index contributed by atoms with van der Waals surface area (Å²) in [5, 5.41) is 34.8. The molecule has 1 radical (unpaired) electrons. The van der Waals surface area contributed by atoms with Crippen molar-refractivity contribution in [2.24, 2.45) is 0 Å². The molecule has 0 amide bonds. The lowest BCUT2D eigenvalue weighted by Crippen LogP contribution is -2.39. The summed E-state index contributed by atoms with van der Waals surface area (Å²) < 4.78 is 0. The highest BCUT2D eigenvalue weighted by Gasteiger charge is 2.22. The second-order valence-corrected chi connectivity index (χ2v) is 2.06. The molecular weight excluding hydrogens is 136 g/mol. The van der Waals surface area contributed by atoms with E-state index in [0.717, 1.165) is 0 Å². The van der Waals surface area contributed by atoms with Crippen molar-refractivity contribution in [3.63, 3.8) is 0 Å². The zero-order chi connectivity index (χ0) is 8.15. The van der Waals surface area contributed by atoms with Crippen LogP contribution in [0.25, 0.3) is 0 Å². The van der Waals surface area contributed by atoms with Crippen LogP contribution in [0.5, 0.6) is 0 Å². The van der Waals surface area contributed by atoms with Gasteiger partial charge in [-0.15, -0.1) is 0 Å². The van der Waals surface area contributed by atoms with Gasteiger partial charge in [-0.1, -0.05) is 6.92 Å². The maximum atomic E-state index is 8.89. The Hall–Kier alpha value is -0.160. The molecule has 3 unspecified atom stereocenters. The van der Waals surface area contributed by atoms with Crippen molar-refractivity contribution < 1.29 is 20.4 Å². The summed E-state index contributed by atoms with van der Waals surface area (Å²) in [5.74, 6) is 0. The van der Waals surface area contributed by atoms with E-state index in [1.807, 2.05) is 0 Å². The van der Waals surface area contributed by atoms with Crippen LogP contribution in [0, 0.1) is 6.42 Å². The molecule has 0 aliphatic rings. The van der Waals surface area contributed by atoms with Crippen LogP contribution in [-0.2, 0) is 0 Å². The predicted octanol–water partition coefficient (Wildman–Crippen LogP) is -1.71. The molecule has 0 saturated heterocycles. The third-order valence-electron chi connectivity index (χ3n) is 1.27. The van der Waals surface area contributed by atoms with Gasteiger partial charge in [-0.2, -0.15) is 0 Å². The highest BCUT2D eigenvalue weighted by molar-refractivity contribution is 4.82. The minimum Gasteiger partial charge on any atom is -0.394 e. The summed E-state index contributed by atoms with van der Waals surface area (Å²) in [6.07, 6.45) is -2.31. The Balaban J connectivity index is 3.69. The highest BCUT2D eigenvalue weighted by atomic mass is 16.4. The fraction of sp³-hybridized carbons (Fsp3) is 0.833. The van der Waals surface area contributed by atoms with E-state index < -0.39 is 24.9 Å². The molecule has 0 heterocycles. The van der Waals surface area contributed by atoms with Crippen molar-refractivity contribution in [1.82, 2.24) is 0 Å². The van der Waals surface area contributed by atoms with E-state index in [4.69, 9.17) is 20.4 Å². The normalized spacial score (nSPS) is 20.1. The van der Waals surface area contributed by atoms with Gasteiger partial charge >= 0.3 is 0 Å². The largest absolute Gasteiger partial charge is 0.394 e. The Morgan fingerprint density at radius 3 is 2.10 bits per heavy atom. The van der Waals surface area contributed by atoms with E-state index in [2.05, 4.69) is 0 Å². The first-order valence-corrected chi connectivity index (χ1v) is 3.08. The molecule has 0 aromatic rings. The van der Waals surface area contributed by atoms with E-state index in [-0.39, 0.29) is 0 Å². The van der Waals surface area contributed by atoms with Crippen LogP contribution >= 0.6 is 0 Å². The number of aliphatic hydroxyl groups excluding tert-OH is 4. The maximum absolute atomic E-state index is 8.89. The molecule has 3 atom stereocenters. The summed E-state index contributed by atoms with van der Waals surface area (Å²) in [7, 11) is 0. The fourth-order valence-corrected chi connectivity index (χ4v) is 0.533. The van der Waals surface area contributed by atoms with Crippen molar-refractivity contribution >= 4 is 0 Å². The molecule has 0 spiro atoms. The second-order valence-electron chi connectivity index (χ2n) is 2.06. The van der Waals surface area contributed by atoms with E-state index in [1.54, 1.807) is 6.92 Å². The van der Waals surface area contributed by atoms with Crippen molar-refractivity contribution in [2.75, 3.05) is 6.61 Å². The van der Waals surface area contributed by atoms with Crippen molar-refractivity contribution in [3.8, 4) is 0 Å². The van der Waals surface area contributed by atoms with Crippen molar-refractivity contribution in [2.45, 2.75) is 25.2 Å². The summed E-state index contributed by atoms with van der Waals surface area (Å²) in [4.78, 5) is 0. The zero-order valence-electron chi connectivity index (χ0n) is 5.81. The van der Waals surface area contributed by atoms with Gasteiger partial charge in [0.2, 0.25) is 0 Å². The SMILES string of the molecule is C[CH]C(O)C(O)C(O)CO. The van der Waals surface area contributed by atoms with Gasteiger partial charge in [-0.25, -0.2) is 0 Å². The van der Waals surface area contributed by atoms with Crippen LogP contribution in [0.15, 0.2) is 0 Å². The Labute approximate surface area is 59.7 Å². The number of hydrogen-bond acceptors (Lipinski definition) is 4. The molecule has 0 aromatic carbocycles. The predicted molar refractivity (Wildman–Crippen MR) is 35.1 cm³/mol. The van der Waals surface area contributed by atoms with Crippen LogP contribution in [0.1, 0.15) is 6.92 Å². The number of hydrogen-bond donors (Lipinski definition) is 4. The summed E-state index contributed by atoms with van der Waals surface area (Å²) in [6.45, 7) is 1.00. The summed E-state index contributed by atoms with van der Waals surface area (Å²) in [5.41, 5.74) is 0. The van der Waals surface area contributed by atoms with Gasteiger partial charge in [-0.3, -0.25) is 0 Å². The molecule has 4 heteroatoms. The molecule has 0 saturated carbocycles. The number of rotatable bonds is 4. The second kappa shape index (κ2) is 4.62. The van der Waals surface area contributed by atoms with Crippen LogP contribution < -0.4 is 0 Å². The molecule has 0 aromatic heterocycles. The first kappa shape index (κ1) is 9.84. The lowest BCUT2D eigenvalue weighted by Gasteiger charge is -2.19. The Bertz CT molecular complexity index is 75.8. The van der Waals surface area contributed by atoms with E-state index in [9.17, 15) is 0 Å². The minimum atomic E-state index is -1.30. The highest BCUT2D eigenvalue weighted by Crippen LogP contribution is 2.01. The molecule has 0 aliphatic carbocycles. The van der Waals surface area contributed by atoms with Gasteiger partial charge in [-0.05, 0) is 6.42 Å². The number of aliphatic hydroxyl groups is 4. The van der Waals surface area contributed by atoms with Gasteiger partial charge in [0.05, 0.1) is 12.7 Å². The topological polar surface area (TPSA) is 80.9 Å². The lowest BCUT2D eigenvalue weighted by molar-refractivity contribution is -0.0655. The molecule has 61 valence electrons. The monoisotopic (exact) mass is 149 g/mol. The van der Waals surface area contributed by atoms with Gasteiger partial charge in [0, 0.05) is 0 Å². The van der Waals surface area contributed by atoms with E-state index in [0.29, 0.717) is 0 Å². The van der Waals surface area contributed by atoms with Gasteiger partial charge in [0.25, 0.3) is 0 Å². The molecule has 4 N–H and O–H groups in total. The summed E-state index contributed by atoms with van der Waals surface area (Å²) >= 11 is 0. The molecule has 10 heavy (non-hydrogen) atoms. The Kier molecular flexibility index (Phi) is 4.55. The average Bonchev–Trinajstić information content (AvgIpc) is 2.00. The van der Waals surface area contributed by atoms with Gasteiger partial charge < -0.3 is 20.4 Å². The average molecular weight is 149 g/mol. The lowest BCUT2D eigenvalue weighted by atomic mass is 10.1. The van der Waals surface area contributed by atoms with E-state index >= 15 is 0 Å². The van der Waals surface area contributed by atoms with Crippen LogP contribution in [0.4, 0.5) is 0 Å². The van der Waals surface area contributed by atoms with Gasteiger partial charge in [0.1, 0.15) is 12.2 Å². The van der Waals surface area contributed by atoms with Crippen LogP contribution in [0.2, 0.25) is 0 Å². The zero-order valence-corrected chi connectivity index (χ0v) is 5.81. The smallest absolute Gasteiger partial charge is 0.108 e.